The highest BCUT2D eigenvalue weighted by Crippen LogP contribution is 2.49. The van der Waals surface area contributed by atoms with Crippen molar-refractivity contribution in [1.29, 1.82) is 0 Å². The minimum atomic E-state index is -2.02. The van der Waals surface area contributed by atoms with Crippen LogP contribution in [-0.4, -0.2) is 23.1 Å². The van der Waals surface area contributed by atoms with Gasteiger partial charge in [0.15, 0.2) is 5.85 Å². The average Bonchev–Trinajstić information content (AvgIpc) is 3.05. The van der Waals surface area contributed by atoms with E-state index in [0.717, 1.165) is 16.8 Å². The second kappa shape index (κ2) is 7.85. The molecule has 1 heterocycles. The second-order valence-corrected chi connectivity index (χ2v) is 14.2. The van der Waals surface area contributed by atoms with Crippen molar-refractivity contribution in [2.24, 2.45) is 0 Å². The summed E-state index contributed by atoms with van der Waals surface area (Å²) in [5.41, 5.74) is 3.56. The lowest BCUT2D eigenvalue weighted by atomic mass is 10.3. The second-order valence-electron chi connectivity index (χ2n) is 8.27. The molecular weight excluding hydrogens is 350 g/mol. The van der Waals surface area contributed by atoms with E-state index in [2.05, 4.69) is 62.6 Å². The van der Waals surface area contributed by atoms with E-state index in [4.69, 9.17) is 4.74 Å². The van der Waals surface area contributed by atoms with Crippen molar-refractivity contribution >= 4 is 19.1 Å². The van der Waals surface area contributed by atoms with Crippen LogP contribution < -0.4 is 4.74 Å². The van der Waals surface area contributed by atoms with E-state index in [-0.39, 0.29) is 5.85 Å². The Kier molecular flexibility index (Phi) is 5.70. The van der Waals surface area contributed by atoms with Gasteiger partial charge in [0.2, 0.25) is 0 Å². The van der Waals surface area contributed by atoms with Crippen molar-refractivity contribution in [3.8, 4) is 5.75 Å². The Morgan fingerprint density at radius 3 is 1.93 bits per heavy atom. The number of nitrogens with zero attached hydrogens (tertiary/aromatic N) is 3. The summed E-state index contributed by atoms with van der Waals surface area (Å²) in [5.74, 6) is 0.771. The van der Waals surface area contributed by atoms with Crippen LogP contribution in [0, 0.1) is 0 Å². The molecule has 0 radical (unpaired) electrons. The lowest BCUT2D eigenvalue weighted by molar-refractivity contribution is 0.182. The molecule has 3 rings (SSSR count). The van der Waals surface area contributed by atoms with Gasteiger partial charge in [-0.25, -0.2) is 4.68 Å². The minimum Gasteiger partial charge on any atom is -0.472 e. The van der Waals surface area contributed by atoms with Gasteiger partial charge in [-0.15, -0.1) is 5.10 Å². The molecule has 4 nitrogen and oxygen atoms in total. The molecule has 0 saturated heterocycles. The number of rotatable bonds is 7. The fraction of sp³-hybridized carbons (Fsp3) is 0.455. The maximum absolute atomic E-state index is 6.74. The lowest BCUT2D eigenvalue weighted by Crippen LogP contribution is -2.55. The van der Waals surface area contributed by atoms with E-state index >= 15 is 0 Å². The van der Waals surface area contributed by atoms with E-state index < -0.39 is 8.07 Å². The first-order valence-electron chi connectivity index (χ1n) is 9.90. The van der Waals surface area contributed by atoms with E-state index in [1.54, 1.807) is 0 Å². The van der Waals surface area contributed by atoms with Crippen LogP contribution in [-0.2, 0) is 0 Å². The molecule has 1 atom stereocenters. The first-order valence-corrected chi connectivity index (χ1v) is 12.2. The Balaban J connectivity index is 2.23. The van der Waals surface area contributed by atoms with Crippen LogP contribution in [0.1, 0.15) is 47.4 Å². The third-order valence-electron chi connectivity index (χ3n) is 6.02. The van der Waals surface area contributed by atoms with Crippen LogP contribution in [0.3, 0.4) is 0 Å². The van der Waals surface area contributed by atoms with E-state index in [9.17, 15) is 0 Å². The quantitative estimate of drug-likeness (QED) is 0.456. The summed E-state index contributed by atoms with van der Waals surface area (Å²) in [5, 5.41) is 9.01. The molecule has 0 saturated carbocycles. The molecule has 0 N–H and O–H groups in total. The fourth-order valence-electron chi connectivity index (χ4n) is 4.91. The predicted octanol–water partition coefficient (Wildman–Crippen LogP) is 6.23. The van der Waals surface area contributed by atoms with Crippen LogP contribution in [0.4, 0.5) is 0 Å². The lowest BCUT2D eigenvalue weighted by Gasteiger charge is -2.47. The van der Waals surface area contributed by atoms with Gasteiger partial charge in [-0.2, -0.15) is 0 Å². The largest absolute Gasteiger partial charge is 0.472 e. The maximum Gasteiger partial charge on any atom is 0.177 e. The number of fused-ring (bicyclic) bond motifs is 1. The summed E-state index contributed by atoms with van der Waals surface area (Å²) in [6.07, 6.45) is 0. The molecule has 3 aromatic rings. The van der Waals surface area contributed by atoms with Gasteiger partial charge in [-0.3, -0.25) is 0 Å². The maximum atomic E-state index is 6.74. The normalized spacial score (nSPS) is 13.7. The van der Waals surface area contributed by atoms with Crippen molar-refractivity contribution in [2.45, 2.75) is 64.0 Å². The van der Waals surface area contributed by atoms with Gasteiger partial charge in [0, 0.05) is 0 Å². The Morgan fingerprint density at radius 1 is 0.778 bits per heavy atom. The number of benzene rings is 2. The number of ether oxygens (including phenoxy) is 1. The van der Waals surface area contributed by atoms with Gasteiger partial charge in [-0.1, -0.05) is 77.1 Å². The molecule has 144 valence electrons. The van der Waals surface area contributed by atoms with Crippen molar-refractivity contribution in [2.75, 3.05) is 0 Å². The number of hydrogen-bond acceptors (Lipinski definition) is 3. The van der Waals surface area contributed by atoms with Crippen LogP contribution in [0.5, 0.6) is 5.75 Å². The van der Waals surface area contributed by atoms with Gasteiger partial charge < -0.3 is 4.74 Å². The van der Waals surface area contributed by atoms with Crippen molar-refractivity contribution in [1.82, 2.24) is 15.0 Å². The van der Waals surface area contributed by atoms with Crippen LogP contribution in [0.2, 0.25) is 16.6 Å². The highest BCUT2D eigenvalue weighted by molar-refractivity contribution is 6.83. The topological polar surface area (TPSA) is 39.9 Å². The van der Waals surface area contributed by atoms with Gasteiger partial charge in [0.05, 0.1) is 5.52 Å². The fourth-order valence-corrected chi connectivity index (χ4v) is 11.6. The molecule has 0 aliphatic heterocycles. The molecule has 0 aliphatic carbocycles. The minimum absolute atomic E-state index is 0.118. The summed E-state index contributed by atoms with van der Waals surface area (Å²) < 4.78 is 8.79. The highest BCUT2D eigenvalue weighted by atomic mass is 28.3. The number of aromatic nitrogens is 3. The Labute approximate surface area is 163 Å². The number of para-hydroxylation sites is 2. The van der Waals surface area contributed by atoms with Gasteiger partial charge in [0.1, 0.15) is 19.3 Å². The molecule has 0 fully saturated rings. The third-order valence-corrected chi connectivity index (χ3v) is 13.2. The Bertz CT molecular complexity index is 852. The van der Waals surface area contributed by atoms with E-state index in [0.29, 0.717) is 16.6 Å². The summed E-state index contributed by atoms with van der Waals surface area (Å²) in [6, 6.07) is 18.3. The summed E-state index contributed by atoms with van der Waals surface area (Å²) >= 11 is 0. The summed E-state index contributed by atoms with van der Waals surface area (Å²) in [6.45, 7) is 14.1. The van der Waals surface area contributed by atoms with Crippen molar-refractivity contribution < 1.29 is 4.74 Å². The molecule has 0 spiro atoms. The van der Waals surface area contributed by atoms with Crippen molar-refractivity contribution in [3.63, 3.8) is 0 Å². The van der Waals surface area contributed by atoms with Gasteiger partial charge in [-0.05, 0) is 40.9 Å². The first-order chi connectivity index (χ1) is 12.9. The first kappa shape index (κ1) is 19.6. The number of hydrogen-bond donors (Lipinski definition) is 0. The smallest absolute Gasteiger partial charge is 0.177 e. The molecule has 1 aromatic heterocycles. The van der Waals surface area contributed by atoms with Crippen molar-refractivity contribution in [3.05, 3.63) is 54.6 Å². The molecule has 0 amide bonds. The predicted molar refractivity (Wildman–Crippen MR) is 115 cm³/mol. The molecule has 0 bridgehead atoms. The van der Waals surface area contributed by atoms with Gasteiger partial charge in [0.25, 0.3) is 0 Å². The molecular formula is C22H31N3OSi. The van der Waals surface area contributed by atoms with E-state index in [1.165, 1.54) is 0 Å². The molecule has 27 heavy (non-hydrogen) atoms. The average molecular weight is 382 g/mol. The zero-order valence-electron chi connectivity index (χ0n) is 17.3. The summed E-state index contributed by atoms with van der Waals surface area (Å²) in [4.78, 5) is 0. The van der Waals surface area contributed by atoms with E-state index in [1.807, 2.05) is 48.5 Å². The zero-order chi connectivity index (χ0) is 19.6. The Morgan fingerprint density at radius 2 is 1.33 bits per heavy atom. The van der Waals surface area contributed by atoms with Crippen LogP contribution in [0.15, 0.2) is 54.6 Å². The summed E-state index contributed by atoms with van der Waals surface area (Å²) in [7, 11) is -2.02. The van der Waals surface area contributed by atoms with Gasteiger partial charge >= 0.3 is 0 Å². The van der Waals surface area contributed by atoms with Crippen LogP contribution >= 0.6 is 0 Å². The highest BCUT2D eigenvalue weighted by Gasteiger charge is 2.53. The Hall–Kier alpha value is -2.14. The molecule has 5 heteroatoms. The van der Waals surface area contributed by atoms with Crippen LogP contribution in [0.25, 0.3) is 11.0 Å². The monoisotopic (exact) mass is 381 g/mol. The molecule has 2 aromatic carbocycles. The SMILES string of the molecule is CC(C)[Si](C(C)C)(C(C)C)C(Oc1ccccc1)n1nnc2ccccc21. The standard InChI is InChI=1S/C22H31N3OSi/c1-16(2)27(17(3)4,18(5)6)22(26-19-12-8-7-9-13-19)25-21-15-11-10-14-20(21)23-24-25/h7-18,22H,1-6H3. The molecule has 0 aliphatic rings. The zero-order valence-corrected chi connectivity index (χ0v) is 18.3. The third kappa shape index (κ3) is 3.40. The molecule has 1 unspecified atom stereocenters.